The van der Waals surface area contributed by atoms with Crippen LogP contribution >= 0.6 is 0 Å². The van der Waals surface area contributed by atoms with E-state index in [4.69, 9.17) is 9.47 Å². The van der Waals surface area contributed by atoms with Crippen LogP contribution < -0.4 is 20.3 Å². The summed E-state index contributed by atoms with van der Waals surface area (Å²) in [5.41, 5.74) is 2.26. The highest BCUT2D eigenvalue weighted by Gasteiger charge is 2.40. The molecule has 9 nitrogen and oxygen atoms in total. The van der Waals surface area contributed by atoms with E-state index in [2.05, 4.69) is 20.5 Å². The fraction of sp³-hybridized carbons (Fsp3) is 0.400. The maximum Gasteiger partial charge on any atom is 0.290 e. The Bertz CT molecular complexity index is 1040. The van der Waals surface area contributed by atoms with Gasteiger partial charge in [-0.2, -0.15) is 5.10 Å². The van der Waals surface area contributed by atoms with Crippen molar-refractivity contribution in [2.24, 2.45) is 20.0 Å². The molecule has 9 heteroatoms. The van der Waals surface area contributed by atoms with Crippen molar-refractivity contribution in [3.63, 3.8) is 0 Å². The molecule has 0 aromatic carbocycles. The van der Waals surface area contributed by atoms with Gasteiger partial charge in [0.1, 0.15) is 11.4 Å². The number of hydrogen-bond acceptors (Lipinski definition) is 7. The van der Waals surface area contributed by atoms with Crippen molar-refractivity contribution in [3.8, 4) is 11.6 Å². The number of aromatic nitrogens is 5. The van der Waals surface area contributed by atoms with Crippen LogP contribution in [-0.4, -0.2) is 38.3 Å². The monoisotopic (exact) mass is 396 g/mol. The molecule has 1 N–H and O–H groups in total. The quantitative estimate of drug-likeness (QED) is 0.619. The van der Waals surface area contributed by atoms with E-state index in [9.17, 15) is 4.79 Å². The maximum atomic E-state index is 12.3. The summed E-state index contributed by atoms with van der Waals surface area (Å²) < 4.78 is 14.1. The highest BCUT2D eigenvalue weighted by Crippen LogP contribution is 2.46. The van der Waals surface area contributed by atoms with Crippen LogP contribution in [0.2, 0.25) is 0 Å². The van der Waals surface area contributed by atoms with Gasteiger partial charge in [0.2, 0.25) is 5.88 Å². The first kappa shape index (κ1) is 19.0. The SMILES string of the molecule is COc1ccc([C@H]2C[C@@H]2COc2cc(NCc3ccnn3C)c(=O)n(C)n2)nc1. The lowest BCUT2D eigenvalue weighted by molar-refractivity contribution is 0.278. The summed E-state index contributed by atoms with van der Waals surface area (Å²) in [5.74, 6) is 1.95. The minimum atomic E-state index is -0.203. The van der Waals surface area contributed by atoms with Gasteiger partial charge in [-0.1, -0.05) is 0 Å². The molecule has 152 valence electrons. The van der Waals surface area contributed by atoms with E-state index in [-0.39, 0.29) is 5.56 Å². The highest BCUT2D eigenvalue weighted by molar-refractivity contribution is 5.43. The Morgan fingerprint density at radius 3 is 2.79 bits per heavy atom. The van der Waals surface area contributed by atoms with Gasteiger partial charge < -0.3 is 14.8 Å². The molecular formula is C20H24N6O3. The van der Waals surface area contributed by atoms with Gasteiger partial charge in [-0.05, 0) is 24.6 Å². The third-order valence-corrected chi connectivity index (χ3v) is 5.17. The summed E-state index contributed by atoms with van der Waals surface area (Å²) in [6, 6.07) is 7.47. The lowest BCUT2D eigenvalue weighted by atomic mass is 10.2. The summed E-state index contributed by atoms with van der Waals surface area (Å²) in [5, 5.41) is 11.5. The fourth-order valence-electron chi connectivity index (χ4n) is 3.26. The Morgan fingerprint density at radius 1 is 1.24 bits per heavy atom. The smallest absolute Gasteiger partial charge is 0.290 e. The molecule has 2 atom stereocenters. The number of methoxy groups -OCH3 is 1. The summed E-state index contributed by atoms with van der Waals surface area (Å²) in [7, 11) is 5.11. The second-order valence-electron chi connectivity index (χ2n) is 7.16. The van der Waals surface area contributed by atoms with Gasteiger partial charge in [0, 0.05) is 43.9 Å². The van der Waals surface area contributed by atoms with Crippen molar-refractivity contribution in [3.05, 3.63) is 58.4 Å². The highest BCUT2D eigenvalue weighted by atomic mass is 16.5. The predicted molar refractivity (Wildman–Crippen MR) is 107 cm³/mol. The third kappa shape index (κ3) is 4.23. The molecule has 0 radical (unpaired) electrons. The zero-order valence-electron chi connectivity index (χ0n) is 16.7. The number of anilines is 1. The average molecular weight is 396 g/mol. The zero-order chi connectivity index (χ0) is 20.4. The first-order valence-corrected chi connectivity index (χ1v) is 9.47. The fourth-order valence-corrected chi connectivity index (χ4v) is 3.26. The predicted octanol–water partition coefficient (Wildman–Crippen LogP) is 1.71. The van der Waals surface area contributed by atoms with Crippen molar-refractivity contribution in [1.82, 2.24) is 24.5 Å². The molecule has 0 bridgehead atoms. The van der Waals surface area contributed by atoms with Crippen molar-refractivity contribution in [2.45, 2.75) is 18.9 Å². The minimum absolute atomic E-state index is 0.203. The molecule has 0 unspecified atom stereocenters. The van der Waals surface area contributed by atoms with Crippen LogP contribution in [0, 0.1) is 5.92 Å². The van der Waals surface area contributed by atoms with Crippen LogP contribution in [0.4, 0.5) is 5.69 Å². The van der Waals surface area contributed by atoms with Crippen LogP contribution in [0.1, 0.15) is 23.7 Å². The van der Waals surface area contributed by atoms with Gasteiger partial charge in [-0.25, -0.2) is 4.68 Å². The number of pyridine rings is 1. The Kier molecular flexibility index (Phi) is 5.20. The van der Waals surface area contributed by atoms with Gasteiger partial charge in [0.25, 0.3) is 5.56 Å². The van der Waals surface area contributed by atoms with Gasteiger partial charge in [-0.3, -0.25) is 14.5 Å². The zero-order valence-corrected chi connectivity index (χ0v) is 16.7. The van der Waals surface area contributed by atoms with Gasteiger partial charge in [0.05, 0.1) is 32.2 Å². The molecule has 1 aliphatic rings. The second-order valence-corrected chi connectivity index (χ2v) is 7.16. The molecule has 4 rings (SSSR count). The summed E-state index contributed by atoms with van der Waals surface area (Å²) >= 11 is 0. The van der Waals surface area contributed by atoms with Crippen LogP contribution in [0.25, 0.3) is 0 Å². The van der Waals surface area contributed by atoms with Crippen molar-refractivity contribution >= 4 is 5.69 Å². The summed E-state index contributed by atoms with van der Waals surface area (Å²) in [4.78, 5) is 16.8. The standard InChI is InChI=1S/C20H24N6O3/c1-25-14(6-7-23-25)10-21-18-9-19(24-26(2)20(18)27)29-12-13-8-16(13)17-5-4-15(28-3)11-22-17/h4-7,9,11,13,16,21H,8,10,12H2,1-3H3/t13-,16+/m1/s1. The van der Waals surface area contributed by atoms with E-state index in [0.717, 1.165) is 23.6 Å². The number of nitrogens with one attached hydrogen (secondary N) is 1. The van der Waals surface area contributed by atoms with E-state index >= 15 is 0 Å². The Morgan fingerprint density at radius 2 is 2.10 bits per heavy atom. The van der Waals surface area contributed by atoms with Crippen molar-refractivity contribution in [2.75, 3.05) is 19.0 Å². The Balaban J connectivity index is 1.37. The van der Waals surface area contributed by atoms with Crippen molar-refractivity contribution < 1.29 is 9.47 Å². The Labute approximate surface area is 168 Å². The van der Waals surface area contributed by atoms with E-state index in [0.29, 0.717) is 36.6 Å². The van der Waals surface area contributed by atoms with E-state index in [1.54, 1.807) is 37.3 Å². The molecule has 3 aromatic rings. The molecule has 0 spiro atoms. The van der Waals surface area contributed by atoms with Crippen molar-refractivity contribution in [1.29, 1.82) is 0 Å². The normalized spacial score (nSPS) is 17.8. The van der Waals surface area contributed by atoms with E-state index in [1.807, 2.05) is 25.2 Å². The second kappa shape index (κ2) is 7.94. The number of hydrogen-bond donors (Lipinski definition) is 1. The van der Waals surface area contributed by atoms with Crippen LogP contribution in [0.5, 0.6) is 11.6 Å². The minimum Gasteiger partial charge on any atom is -0.495 e. The number of aryl methyl sites for hydroxylation is 2. The lowest BCUT2D eigenvalue weighted by Gasteiger charge is -2.11. The van der Waals surface area contributed by atoms with E-state index in [1.165, 1.54) is 4.68 Å². The molecule has 1 aliphatic carbocycles. The summed E-state index contributed by atoms with van der Waals surface area (Å²) in [6.07, 6.45) is 4.48. The number of ether oxygens (including phenoxy) is 2. The molecular weight excluding hydrogens is 372 g/mol. The molecule has 3 aromatic heterocycles. The number of rotatable bonds is 8. The molecule has 29 heavy (non-hydrogen) atoms. The van der Waals surface area contributed by atoms with Crippen LogP contribution in [0.3, 0.4) is 0 Å². The van der Waals surface area contributed by atoms with Crippen LogP contribution in [0.15, 0.2) is 41.5 Å². The first-order valence-electron chi connectivity index (χ1n) is 9.47. The van der Waals surface area contributed by atoms with Gasteiger partial charge >= 0.3 is 0 Å². The number of nitrogens with zero attached hydrogens (tertiary/aromatic N) is 5. The first-order chi connectivity index (χ1) is 14.0. The average Bonchev–Trinajstić information content (AvgIpc) is 3.40. The van der Waals surface area contributed by atoms with E-state index < -0.39 is 0 Å². The topological polar surface area (TPSA) is 96.1 Å². The molecule has 0 saturated heterocycles. The Hall–Kier alpha value is -3.36. The molecule has 3 heterocycles. The molecule has 0 aliphatic heterocycles. The molecule has 1 fully saturated rings. The third-order valence-electron chi connectivity index (χ3n) is 5.17. The van der Waals surface area contributed by atoms with Crippen LogP contribution in [-0.2, 0) is 20.6 Å². The van der Waals surface area contributed by atoms with Gasteiger partial charge in [0.15, 0.2) is 0 Å². The van der Waals surface area contributed by atoms with Gasteiger partial charge in [-0.15, -0.1) is 5.10 Å². The lowest BCUT2D eigenvalue weighted by Crippen LogP contribution is -2.24. The molecule has 1 saturated carbocycles. The molecule has 0 amide bonds. The maximum absolute atomic E-state index is 12.3. The largest absolute Gasteiger partial charge is 0.495 e. The summed E-state index contributed by atoms with van der Waals surface area (Å²) in [6.45, 7) is 1.02.